The number of hydrogen-bond acceptors (Lipinski definition) is 2. The number of benzene rings is 1. The highest BCUT2D eigenvalue weighted by Gasteiger charge is 2.19. The molecule has 1 aromatic carbocycles. The molecule has 0 aromatic heterocycles. The Bertz CT molecular complexity index is 605. The van der Waals surface area contributed by atoms with Crippen LogP contribution in [0.5, 0.6) is 0 Å². The van der Waals surface area contributed by atoms with Gasteiger partial charge in [-0.25, -0.2) is 4.79 Å². The van der Waals surface area contributed by atoms with Gasteiger partial charge >= 0.3 is 6.03 Å². The van der Waals surface area contributed by atoms with Crippen LogP contribution in [0.3, 0.4) is 0 Å². The number of rotatable bonds is 5. The third-order valence-electron chi connectivity index (χ3n) is 4.12. The zero-order chi connectivity index (χ0) is 17.7. The molecule has 1 aromatic rings. The normalized spacial score (nSPS) is 13.3. The Labute approximate surface area is 144 Å². The SMILES string of the molecule is CCN(CC(=O)NC(C)(C)C)C(=O)NCc1ccc2c(c1)CCC2. The zero-order valence-electron chi connectivity index (χ0n) is 15.2. The van der Waals surface area contributed by atoms with Gasteiger partial charge in [0, 0.05) is 18.6 Å². The first-order valence-corrected chi connectivity index (χ1v) is 8.73. The van der Waals surface area contributed by atoms with Crippen LogP contribution in [0.1, 0.15) is 50.8 Å². The predicted molar refractivity (Wildman–Crippen MR) is 95.8 cm³/mol. The number of carbonyl (C=O) groups is 2. The molecular weight excluding hydrogens is 302 g/mol. The Balaban J connectivity index is 1.86. The van der Waals surface area contributed by atoms with Crippen molar-refractivity contribution >= 4 is 11.9 Å². The lowest BCUT2D eigenvalue weighted by Gasteiger charge is -2.25. The molecule has 5 heteroatoms. The molecule has 0 fully saturated rings. The van der Waals surface area contributed by atoms with Gasteiger partial charge in [0.15, 0.2) is 0 Å². The number of hydrogen-bond donors (Lipinski definition) is 2. The van der Waals surface area contributed by atoms with Gasteiger partial charge in [0.1, 0.15) is 6.54 Å². The smallest absolute Gasteiger partial charge is 0.318 e. The fourth-order valence-electron chi connectivity index (χ4n) is 2.98. The summed E-state index contributed by atoms with van der Waals surface area (Å²) < 4.78 is 0. The van der Waals surface area contributed by atoms with Crippen LogP contribution in [0.2, 0.25) is 0 Å². The van der Waals surface area contributed by atoms with E-state index in [-0.39, 0.29) is 24.0 Å². The molecule has 2 N–H and O–H groups in total. The molecule has 0 aliphatic heterocycles. The van der Waals surface area contributed by atoms with E-state index >= 15 is 0 Å². The van der Waals surface area contributed by atoms with E-state index in [1.807, 2.05) is 27.7 Å². The Morgan fingerprint density at radius 2 is 1.88 bits per heavy atom. The van der Waals surface area contributed by atoms with E-state index in [0.717, 1.165) is 18.4 Å². The molecule has 0 unspecified atom stereocenters. The van der Waals surface area contributed by atoms with Crippen molar-refractivity contribution in [2.45, 2.75) is 59.0 Å². The number of carbonyl (C=O) groups excluding carboxylic acids is 2. The average Bonchev–Trinajstić information content (AvgIpc) is 2.96. The van der Waals surface area contributed by atoms with Gasteiger partial charge in [0.25, 0.3) is 0 Å². The topological polar surface area (TPSA) is 61.4 Å². The van der Waals surface area contributed by atoms with Gasteiger partial charge in [-0.1, -0.05) is 18.2 Å². The molecule has 5 nitrogen and oxygen atoms in total. The molecule has 2 rings (SSSR count). The summed E-state index contributed by atoms with van der Waals surface area (Å²) in [7, 11) is 0. The van der Waals surface area contributed by atoms with E-state index in [0.29, 0.717) is 13.1 Å². The third-order valence-corrected chi connectivity index (χ3v) is 4.12. The second-order valence-electron chi connectivity index (χ2n) is 7.43. The number of urea groups is 1. The largest absolute Gasteiger partial charge is 0.350 e. The predicted octanol–water partition coefficient (Wildman–Crippen LogP) is 2.62. The van der Waals surface area contributed by atoms with E-state index in [1.54, 1.807) is 0 Å². The molecule has 0 bridgehead atoms. The molecule has 24 heavy (non-hydrogen) atoms. The van der Waals surface area contributed by atoms with Gasteiger partial charge in [-0.15, -0.1) is 0 Å². The highest BCUT2D eigenvalue weighted by atomic mass is 16.2. The van der Waals surface area contributed by atoms with Crippen molar-refractivity contribution in [3.05, 3.63) is 34.9 Å². The first kappa shape index (κ1) is 18.3. The van der Waals surface area contributed by atoms with Crippen molar-refractivity contribution in [1.29, 1.82) is 0 Å². The summed E-state index contributed by atoms with van der Waals surface area (Å²) in [5, 5.41) is 5.80. The molecule has 0 atom stereocenters. The van der Waals surface area contributed by atoms with E-state index < -0.39 is 0 Å². The van der Waals surface area contributed by atoms with Crippen LogP contribution in [0.15, 0.2) is 18.2 Å². The lowest BCUT2D eigenvalue weighted by atomic mass is 10.1. The van der Waals surface area contributed by atoms with Crippen molar-refractivity contribution in [1.82, 2.24) is 15.5 Å². The van der Waals surface area contributed by atoms with E-state index in [4.69, 9.17) is 0 Å². The summed E-state index contributed by atoms with van der Waals surface area (Å²) >= 11 is 0. The van der Waals surface area contributed by atoms with Gasteiger partial charge in [0.05, 0.1) is 0 Å². The van der Waals surface area contributed by atoms with Gasteiger partial charge in [-0.05, 0) is 63.6 Å². The molecule has 1 aliphatic rings. The molecule has 1 aliphatic carbocycles. The van der Waals surface area contributed by atoms with Crippen LogP contribution < -0.4 is 10.6 Å². The monoisotopic (exact) mass is 331 g/mol. The molecule has 0 saturated heterocycles. The Kier molecular flexibility index (Phi) is 5.86. The van der Waals surface area contributed by atoms with E-state index in [9.17, 15) is 9.59 Å². The fourth-order valence-corrected chi connectivity index (χ4v) is 2.98. The second kappa shape index (κ2) is 7.69. The minimum atomic E-state index is -0.294. The number of fused-ring (bicyclic) bond motifs is 1. The van der Waals surface area contributed by atoms with Crippen molar-refractivity contribution < 1.29 is 9.59 Å². The van der Waals surface area contributed by atoms with E-state index in [1.165, 1.54) is 22.4 Å². The van der Waals surface area contributed by atoms with Gasteiger partial charge < -0.3 is 15.5 Å². The van der Waals surface area contributed by atoms with Crippen LogP contribution in [-0.4, -0.2) is 35.5 Å². The minimum absolute atomic E-state index is 0.0732. The molecule has 0 spiro atoms. The van der Waals surface area contributed by atoms with Crippen molar-refractivity contribution in [2.75, 3.05) is 13.1 Å². The number of amides is 3. The van der Waals surface area contributed by atoms with Crippen molar-refractivity contribution in [3.8, 4) is 0 Å². The lowest BCUT2D eigenvalue weighted by molar-refractivity contribution is -0.123. The standard InChI is InChI=1S/C19H29N3O2/c1-5-22(13-17(23)21-19(2,3)4)18(24)20-12-14-9-10-15-7-6-8-16(15)11-14/h9-11H,5-8,12-13H2,1-4H3,(H,20,24)(H,21,23). The van der Waals surface area contributed by atoms with Crippen LogP contribution in [0.4, 0.5) is 4.79 Å². The Morgan fingerprint density at radius 3 is 2.54 bits per heavy atom. The first-order valence-electron chi connectivity index (χ1n) is 8.73. The quantitative estimate of drug-likeness (QED) is 0.871. The summed E-state index contributed by atoms with van der Waals surface area (Å²) in [6, 6.07) is 6.22. The molecular formula is C19H29N3O2. The molecule has 0 saturated carbocycles. The van der Waals surface area contributed by atoms with Gasteiger partial charge in [-0.3, -0.25) is 4.79 Å². The zero-order valence-corrected chi connectivity index (χ0v) is 15.2. The maximum atomic E-state index is 12.3. The van der Waals surface area contributed by atoms with Crippen molar-refractivity contribution in [2.24, 2.45) is 0 Å². The van der Waals surface area contributed by atoms with Crippen LogP contribution >= 0.6 is 0 Å². The average molecular weight is 331 g/mol. The first-order chi connectivity index (χ1) is 11.3. The summed E-state index contributed by atoms with van der Waals surface area (Å²) in [4.78, 5) is 25.8. The number of aryl methyl sites for hydroxylation is 2. The summed E-state index contributed by atoms with van der Waals surface area (Å²) in [5.74, 6) is -0.142. The van der Waals surface area contributed by atoms with Gasteiger partial charge in [-0.2, -0.15) is 0 Å². The summed E-state index contributed by atoms with van der Waals surface area (Å²) in [5.41, 5.74) is 3.65. The fraction of sp³-hybridized carbons (Fsp3) is 0.579. The van der Waals surface area contributed by atoms with Crippen LogP contribution in [0, 0.1) is 0 Å². The number of nitrogens with one attached hydrogen (secondary N) is 2. The Morgan fingerprint density at radius 1 is 1.17 bits per heavy atom. The molecule has 3 amide bonds. The lowest BCUT2D eigenvalue weighted by Crippen LogP contribution is -2.49. The highest BCUT2D eigenvalue weighted by Crippen LogP contribution is 2.22. The third kappa shape index (κ3) is 5.25. The van der Waals surface area contributed by atoms with Gasteiger partial charge in [0.2, 0.25) is 5.91 Å². The summed E-state index contributed by atoms with van der Waals surface area (Å²) in [6.07, 6.45) is 3.51. The van der Waals surface area contributed by atoms with Crippen LogP contribution in [0.25, 0.3) is 0 Å². The molecule has 0 radical (unpaired) electrons. The second-order valence-corrected chi connectivity index (χ2v) is 7.43. The van der Waals surface area contributed by atoms with E-state index in [2.05, 4.69) is 28.8 Å². The van der Waals surface area contributed by atoms with Crippen LogP contribution in [-0.2, 0) is 24.2 Å². The Hall–Kier alpha value is -2.04. The number of nitrogens with zero attached hydrogens (tertiary/aromatic N) is 1. The maximum absolute atomic E-state index is 12.3. The molecule has 0 heterocycles. The highest BCUT2D eigenvalue weighted by molar-refractivity contribution is 5.84. The van der Waals surface area contributed by atoms with Crippen molar-refractivity contribution in [3.63, 3.8) is 0 Å². The maximum Gasteiger partial charge on any atom is 0.318 e. The number of likely N-dealkylation sites (N-methyl/N-ethyl adjacent to an activating group) is 1. The summed E-state index contributed by atoms with van der Waals surface area (Å²) in [6.45, 7) is 8.71. The minimum Gasteiger partial charge on any atom is -0.350 e. The molecule has 132 valence electrons.